The molecule has 0 unspecified atom stereocenters. The van der Waals surface area contributed by atoms with Crippen molar-refractivity contribution in [2.75, 3.05) is 7.11 Å². The Morgan fingerprint density at radius 3 is 2.43 bits per heavy atom. The number of benzene rings is 2. The van der Waals surface area contributed by atoms with Crippen molar-refractivity contribution in [2.45, 2.75) is 30.4 Å². The molecule has 0 bridgehead atoms. The van der Waals surface area contributed by atoms with Crippen LogP contribution in [-0.4, -0.2) is 7.11 Å². The van der Waals surface area contributed by atoms with Gasteiger partial charge >= 0.3 is 0 Å². The number of ether oxygens (including phenoxy) is 1. The third kappa shape index (κ3) is 4.03. The molecule has 21 heavy (non-hydrogen) atoms. The summed E-state index contributed by atoms with van der Waals surface area (Å²) in [5, 5.41) is 8.98. The third-order valence-electron chi connectivity index (χ3n) is 3.34. The molecule has 108 valence electrons. The Labute approximate surface area is 130 Å². The van der Waals surface area contributed by atoms with Crippen LogP contribution in [-0.2, 0) is 5.75 Å². The van der Waals surface area contributed by atoms with Crippen molar-refractivity contribution >= 4 is 11.8 Å². The average molecular weight is 297 g/mol. The molecule has 0 heterocycles. The van der Waals surface area contributed by atoms with E-state index in [9.17, 15) is 0 Å². The van der Waals surface area contributed by atoms with E-state index < -0.39 is 0 Å². The smallest absolute Gasteiger partial charge is 0.136 e. The zero-order chi connectivity index (χ0) is 15.2. The second-order valence-electron chi connectivity index (χ2n) is 5.16. The van der Waals surface area contributed by atoms with Gasteiger partial charge in [-0.05, 0) is 41.3 Å². The zero-order valence-corrected chi connectivity index (χ0v) is 13.4. The van der Waals surface area contributed by atoms with Crippen LogP contribution in [0.4, 0.5) is 0 Å². The largest absolute Gasteiger partial charge is 0.495 e. The van der Waals surface area contributed by atoms with E-state index in [1.807, 2.05) is 18.2 Å². The molecule has 0 saturated carbocycles. The number of nitriles is 1. The van der Waals surface area contributed by atoms with Crippen molar-refractivity contribution < 1.29 is 4.74 Å². The highest BCUT2D eigenvalue weighted by Crippen LogP contribution is 2.27. The van der Waals surface area contributed by atoms with Crippen molar-refractivity contribution in [1.82, 2.24) is 0 Å². The summed E-state index contributed by atoms with van der Waals surface area (Å²) >= 11 is 1.79. The highest BCUT2D eigenvalue weighted by Gasteiger charge is 2.05. The van der Waals surface area contributed by atoms with Gasteiger partial charge in [0, 0.05) is 10.6 Å². The standard InChI is InChI=1S/C18H19NOS/c1-13(2)15-6-8-17(9-7-15)21-12-14-4-5-16(11-19)18(10-14)20-3/h4-10,13H,12H2,1-3H3. The molecule has 0 radical (unpaired) electrons. The van der Waals surface area contributed by atoms with Crippen molar-refractivity contribution in [2.24, 2.45) is 0 Å². The quantitative estimate of drug-likeness (QED) is 0.729. The SMILES string of the molecule is COc1cc(CSc2ccc(C(C)C)cc2)ccc1C#N. The first-order valence-electron chi connectivity index (χ1n) is 6.94. The van der Waals surface area contributed by atoms with Gasteiger partial charge in [-0.25, -0.2) is 0 Å². The molecular weight excluding hydrogens is 278 g/mol. The van der Waals surface area contributed by atoms with E-state index in [4.69, 9.17) is 10.00 Å². The van der Waals surface area contributed by atoms with E-state index in [0.717, 1.165) is 11.3 Å². The van der Waals surface area contributed by atoms with E-state index in [1.165, 1.54) is 10.5 Å². The number of rotatable bonds is 5. The zero-order valence-electron chi connectivity index (χ0n) is 12.6. The molecule has 0 aromatic heterocycles. The molecule has 0 atom stereocenters. The van der Waals surface area contributed by atoms with Crippen LogP contribution in [0.2, 0.25) is 0 Å². The van der Waals surface area contributed by atoms with E-state index in [1.54, 1.807) is 18.9 Å². The molecule has 2 nitrogen and oxygen atoms in total. The lowest BCUT2D eigenvalue weighted by Crippen LogP contribution is -1.90. The lowest BCUT2D eigenvalue weighted by molar-refractivity contribution is 0.413. The number of hydrogen-bond donors (Lipinski definition) is 0. The van der Waals surface area contributed by atoms with Gasteiger partial charge in [-0.15, -0.1) is 11.8 Å². The number of thioether (sulfide) groups is 1. The Balaban J connectivity index is 2.04. The van der Waals surface area contributed by atoms with Crippen molar-refractivity contribution in [1.29, 1.82) is 5.26 Å². The fourth-order valence-electron chi connectivity index (χ4n) is 2.03. The summed E-state index contributed by atoms with van der Waals surface area (Å²) in [5.41, 5.74) is 3.09. The Morgan fingerprint density at radius 1 is 1.14 bits per heavy atom. The van der Waals surface area contributed by atoms with Crippen LogP contribution in [0.5, 0.6) is 5.75 Å². The van der Waals surface area contributed by atoms with E-state index >= 15 is 0 Å². The summed E-state index contributed by atoms with van der Waals surface area (Å²) in [7, 11) is 1.59. The molecule has 0 aliphatic heterocycles. The van der Waals surface area contributed by atoms with Crippen LogP contribution >= 0.6 is 11.8 Å². The topological polar surface area (TPSA) is 33.0 Å². The van der Waals surface area contributed by atoms with Gasteiger partial charge in [0.1, 0.15) is 11.8 Å². The summed E-state index contributed by atoms with van der Waals surface area (Å²) in [6.07, 6.45) is 0. The molecule has 0 aliphatic rings. The number of methoxy groups -OCH3 is 1. The van der Waals surface area contributed by atoms with Crippen molar-refractivity contribution in [3.8, 4) is 11.8 Å². The molecule has 3 heteroatoms. The first kappa shape index (κ1) is 15.5. The number of nitrogens with zero attached hydrogens (tertiary/aromatic N) is 1. The fourth-order valence-corrected chi connectivity index (χ4v) is 2.87. The minimum atomic E-state index is 0.562. The maximum atomic E-state index is 8.98. The molecule has 0 aliphatic carbocycles. The van der Waals surface area contributed by atoms with Crippen LogP contribution in [0, 0.1) is 11.3 Å². The van der Waals surface area contributed by atoms with Crippen molar-refractivity contribution in [3.63, 3.8) is 0 Å². The summed E-state index contributed by atoms with van der Waals surface area (Å²) in [5.74, 6) is 2.07. The summed E-state index contributed by atoms with van der Waals surface area (Å²) in [6, 6.07) is 16.6. The minimum absolute atomic E-state index is 0.562. The third-order valence-corrected chi connectivity index (χ3v) is 4.42. The number of hydrogen-bond acceptors (Lipinski definition) is 3. The van der Waals surface area contributed by atoms with Crippen molar-refractivity contribution in [3.05, 3.63) is 59.2 Å². The molecule has 2 rings (SSSR count). The van der Waals surface area contributed by atoms with Crippen LogP contribution in [0.15, 0.2) is 47.4 Å². The molecule has 0 saturated heterocycles. The Bertz CT molecular complexity index is 641. The fraction of sp³-hybridized carbons (Fsp3) is 0.278. The lowest BCUT2D eigenvalue weighted by Gasteiger charge is -2.08. The second-order valence-corrected chi connectivity index (χ2v) is 6.21. The van der Waals surface area contributed by atoms with Gasteiger partial charge in [0.15, 0.2) is 0 Å². The second kappa shape index (κ2) is 7.19. The van der Waals surface area contributed by atoms with Crippen LogP contribution < -0.4 is 4.74 Å². The van der Waals surface area contributed by atoms with Gasteiger partial charge in [-0.3, -0.25) is 0 Å². The highest BCUT2D eigenvalue weighted by molar-refractivity contribution is 7.98. The average Bonchev–Trinajstić information content (AvgIpc) is 2.52. The first-order chi connectivity index (χ1) is 10.1. The van der Waals surface area contributed by atoms with E-state index in [2.05, 4.69) is 44.2 Å². The van der Waals surface area contributed by atoms with Gasteiger partial charge in [0.05, 0.1) is 12.7 Å². The van der Waals surface area contributed by atoms with E-state index in [0.29, 0.717) is 17.2 Å². The van der Waals surface area contributed by atoms with Gasteiger partial charge in [-0.1, -0.05) is 32.0 Å². The van der Waals surface area contributed by atoms with Gasteiger partial charge < -0.3 is 4.74 Å². The molecule has 0 fully saturated rings. The molecule has 2 aromatic rings. The Kier molecular flexibility index (Phi) is 5.30. The lowest BCUT2D eigenvalue weighted by atomic mass is 10.0. The predicted molar refractivity (Wildman–Crippen MR) is 87.8 cm³/mol. The molecule has 0 amide bonds. The maximum Gasteiger partial charge on any atom is 0.136 e. The summed E-state index contributed by atoms with van der Waals surface area (Å²) in [4.78, 5) is 1.25. The highest BCUT2D eigenvalue weighted by atomic mass is 32.2. The predicted octanol–water partition coefficient (Wildman–Crippen LogP) is 4.98. The monoisotopic (exact) mass is 297 g/mol. The van der Waals surface area contributed by atoms with Gasteiger partial charge in [0.25, 0.3) is 0 Å². The van der Waals surface area contributed by atoms with E-state index in [-0.39, 0.29) is 0 Å². The van der Waals surface area contributed by atoms with Crippen LogP contribution in [0.3, 0.4) is 0 Å². The Hall–Kier alpha value is -1.92. The molecule has 0 N–H and O–H groups in total. The minimum Gasteiger partial charge on any atom is -0.495 e. The van der Waals surface area contributed by atoms with Crippen LogP contribution in [0.1, 0.15) is 36.5 Å². The molecule has 2 aromatic carbocycles. The summed E-state index contributed by atoms with van der Waals surface area (Å²) in [6.45, 7) is 4.40. The van der Waals surface area contributed by atoms with Gasteiger partial charge in [-0.2, -0.15) is 5.26 Å². The van der Waals surface area contributed by atoms with Gasteiger partial charge in [0.2, 0.25) is 0 Å². The molecule has 0 spiro atoms. The normalized spacial score (nSPS) is 10.4. The molecular formula is C18H19NOS. The van der Waals surface area contributed by atoms with Crippen LogP contribution in [0.25, 0.3) is 0 Å². The Morgan fingerprint density at radius 2 is 1.86 bits per heavy atom. The first-order valence-corrected chi connectivity index (χ1v) is 7.92. The maximum absolute atomic E-state index is 8.98. The summed E-state index contributed by atoms with van der Waals surface area (Å²) < 4.78 is 5.24.